The van der Waals surface area contributed by atoms with Crippen LogP contribution in [0.15, 0.2) is 60.2 Å². The zero-order chi connectivity index (χ0) is 18.8. The molecule has 0 amide bonds. The molecule has 0 saturated heterocycles. The van der Waals surface area contributed by atoms with E-state index in [1.165, 1.54) is 12.1 Å². The van der Waals surface area contributed by atoms with Crippen molar-refractivity contribution in [1.29, 1.82) is 0 Å². The lowest BCUT2D eigenvalue weighted by atomic mass is 10.1. The zero-order valence-corrected chi connectivity index (χ0v) is 15.2. The van der Waals surface area contributed by atoms with Crippen molar-refractivity contribution in [3.63, 3.8) is 0 Å². The molecule has 0 radical (unpaired) electrons. The quantitative estimate of drug-likeness (QED) is 0.321. The van der Waals surface area contributed by atoms with Crippen molar-refractivity contribution < 1.29 is 13.9 Å². The normalized spacial score (nSPS) is 10.4. The fraction of sp³-hybridized carbons (Fsp3) is 0.158. The number of hydrogen-bond donors (Lipinski definition) is 2. The minimum atomic E-state index is -0.305. The van der Waals surface area contributed by atoms with E-state index < -0.39 is 0 Å². The van der Waals surface area contributed by atoms with Gasteiger partial charge in [-0.2, -0.15) is 5.10 Å². The van der Waals surface area contributed by atoms with E-state index >= 15 is 0 Å². The van der Waals surface area contributed by atoms with Crippen molar-refractivity contribution in [2.75, 3.05) is 13.7 Å². The Morgan fingerprint density at radius 3 is 2.73 bits per heavy atom. The maximum Gasteiger partial charge on any atom is 0.187 e. The molecule has 5 nitrogen and oxygen atoms in total. The van der Waals surface area contributed by atoms with Gasteiger partial charge in [0.05, 0.1) is 13.3 Å². The molecule has 26 heavy (non-hydrogen) atoms. The van der Waals surface area contributed by atoms with Gasteiger partial charge in [0.2, 0.25) is 0 Å². The van der Waals surface area contributed by atoms with Crippen molar-refractivity contribution in [2.24, 2.45) is 5.10 Å². The van der Waals surface area contributed by atoms with Gasteiger partial charge in [-0.1, -0.05) is 6.08 Å². The van der Waals surface area contributed by atoms with Crippen LogP contribution in [0.5, 0.6) is 11.5 Å². The lowest BCUT2D eigenvalue weighted by Crippen LogP contribution is -2.31. The van der Waals surface area contributed by atoms with Gasteiger partial charge in [0, 0.05) is 12.1 Å². The topological polar surface area (TPSA) is 54.9 Å². The molecule has 136 valence electrons. The van der Waals surface area contributed by atoms with E-state index in [1.807, 2.05) is 18.2 Å². The molecular weight excluding hydrogens is 353 g/mol. The van der Waals surface area contributed by atoms with Crippen molar-refractivity contribution >= 4 is 23.5 Å². The molecule has 0 unspecified atom stereocenters. The average molecular weight is 373 g/mol. The molecule has 0 spiro atoms. The van der Waals surface area contributed by atoms with Crippen LogP contribution in [0.3, 0.4) is 0 Å². The fourth-order valence-corrected chi connectivity index (χ4v) is 2.19. The maximum absolute atomic E-state index is 13.0. The zero-order valence-electron chi connectivity index (χ0n) is 14.4. The maximum atomic E-state index is 13.0. The lowest BCUT2D eigenvalue weighted by molar-refractivity contribution is 0.296. The third-order valence-electron chi connectivity index (χ3n) is 3.30. The highest BCUT2D eigenvalue weighted by Crippen LogP contribution is 2.22. The van der Waals surface area contributed by atoms with E-state index in [4.69, 9.17) is 21.7 Å². The number of nitrogens with zero attached hydrogens (tertiary/aromatic N) is 1. The molecule has 0 saturated carbocycles. The monoisotopic (exact) mass is 373 g/mol. The number of nitrogens with one attached hydrogen (secondary N) is 2. The molecule has 2 aromatic rings. The Kier molecular flexibility index (Phi) is 7.57. The molecular formula is C19H20FN3O2S. The van der Waals surface area contributed by atoms with Crippen molar-refractivity contribution in [3.05, 3.63) is 72.1 Å². The summed E-state index contributed by atoms with van der Waals surface area (Å²) in [7, 11) is 1.59. The molecule has 0 fully saturated rings. The van der Waals surface area contributed by atoms with E-state index in [2.05, 4.69) is 22.4 Å². The first kappa shape index (κ1) is 19.4. The lowest BCUT2D eigenvalue weighted by Gasteiger charge is -2.11. The van der Waals surface area contributed by atoms with Gasteiger partial charge in [0.25, 0.3) is 0 Å². The van der Waals surface area contributed by atoms with Crippen molar-refractivity contribution in [1.82, 2.24) is 10.7 Å². The van der Waals surface area contributed by atoms with Gasteiger partial charge >= 0.3 is 0 Å². The van der Waals surface area contributed by atoms with Crippen LogP contribution in [-0.2, 0) is 6.61 Å². The second-order valence-electron chi connectivity index (χ2n) is 5.18. The molecule has 0 aliphatic carbocycles. The Balaban J connectivity index is 2.01. The largest absolute Gasteiger partial charge is 0.496 e. The average Bonchev–Trinajstić information content (AvgIpc) is 2.66. The minimum absolute atomic E-state index is 0.281. The van der Waals surface area contributed by atoms with E-state index in [0.29, 0.717) is 23.2 Å². The number of rotatable bonds is 8. The number of hydrazone groups is 1. The predicted molar refractivity (Wildman–Crippen MR) is 105 cm³/mol. The summed E-state index contributed by atoms with van der Waals surface area (Å²) in [6.45, 7) is 4.44. The summed E-state index contributed by atoms with van der Waals surface area (Å²) in [5, 5.41) is 7.41. The summed E-state index contributed by atoms with van der Waals surface area (Å²) in [5.41, 5.74) is 4.41. The number of ether oxygens (including phenoxy) is 2. The number of methoxy groups -OCH3 is 1. The second-order valence-corrected chi connectivity index (χ2v) is 5.59. The highest BCUT2D eigenvalue weighted by molar-refractivity contribution is 7.80. The molecule has 2 aromatic carbocycles. The van der Waals surface area contributed by atoms with Crippen LogP contribution in [0, 0.1) is 5.82 Å². The summed E-state index contributed by atoms with van der Waals surface area (Å²) < 4.78 is 24.0. The smallest absolute Gasteiger partial charge is 0.187 e. The summed E-state index contributed by atoms with van der Waals surface area (Å²) in [6.07, 6.45) is 3.34. The van der Waals surface area contributed by atoms with Crippen LogP contribution in [0.4, 0.5) is 4.39 Å². The molecule has 0 aromatic heterocycles. The summed E-state index contributed by atoms with van der Waals surface area (Å²) in [5.74, 6) is 0.967. The molecule has 2 N–H and O–H groups in total. The number of halogens is 1. The first-order valence-electron chi connectivity index (χ1n) is 7.85. The van der Waals surface area contributed by atoms with Gasteiger partial charge in [-0.05, 0) is 60.2 Å². The fourth-order valence-electron chi connectivity index (χ4n) is 2.05. The van der Waals surface area contributed by atoms with E-state index in [-0.39, 0.29) is 12.4 Å². The highest BCUT2D eigenvalue weighted by Gasteiger charge is 2.05. The van der Waals surface area contributed by atoms with Crippen LogP contribution >= 0.6 is 12.2 Å². The second kappa shape index (κ2) is 10.1. The molecule has 0 heterocycles. The first-order chi connectivity index (χ1) is 12.6. The van der Waals surface area contributed by atoms with Crippen LogP contribution < -0.4 is 20.2 Å². The van der Waals surface area contributed by atoms with Gasteiger partial charge < -0.3 is 14.8 Å². The first-order valence-corrected chi connectivity index (χ1v) is 8.26. The summed E-state index contributed by atoms with van der Waals surface area (Å²) in [4.78, 5) is 0. The number of hydrogen-bond acceptors (Lipinski definition) is 4. The number of benzene rings is 2. The van der Waals surface area contributed by atoms with Crippen LogP contribution in [0.2, 0.25) is 0 Å². The Bertz CT molecular complexity index is 779. The molecule has 0 aliphatic rings. The third kappa shape index (κ3) is 6.18. The van der Waals surface area contributed by atoms with Crippen molar-refractivity contribution in [2.45, 2.75) is 6.61 Å². The Morgan fingerprint density at radius 1 is 1.27 bits per heavy atom. The van der Waals surface area contributed by atoms with Crippen LogP contribution in [0.1, 0.15) is 11.1 Å². The molecule has 2 rings (SSSR count). The minimum Gasteiger partial charge on any atom is -0.496 e. The van der Waals surface area contributed by atoms with Crippen LogP contribution in [-0.4, -0.2) is 25.0 Å². The Morgan fingerprint density at radius 2 is 2.04 bits per heavy atom. The molecule has 0 aliphatic heterocycles. The van der Waals surface area contributed by atoms with Gasteiger partial charge in [-0.25, -0.2) is 4.39 Å². The van der Waals surface area contributed by atoms with E-state index in [1.54, 1.807) is 31.5 Å². The molecule has 0 bridgehead atoms. The van der Waals surface area contributed by atoms with Crippen LogP contribution in [0.25, 0.3) is 0 Å². The predicted octanol–water partition coefficient (Wildman–Crippen LogP) is 3.40. The number of thiocarbonyl (C=S) groups is 1. The van der Waals surface area contributed by atoms with Gasteiger partial charge in [0.1, 0.15) is 23.9 Å². The van der Waals surface area contributed by atoms with Gasteiger partial charge in [-0.15, -0.1) is 6.58 Å². The Labute approximate surface area is 157 Å². The third-order valence-corrected chi connectivity index (χ3v) is 3.53. The summed E-state index contributed by atoms with van der Waals surface area (Å²) >= 11 is 5.05. The molecule has 0 atom stereocenters. The van der Waals surface area contributed by atoms with E-state index in [0.717, 1.165) is 11.1 Å². The van der Waals surface area contributed by atoms with Crippen molar-refractivity contribution in [3.8, 4) is 11.5 Å². The molecule has 7 heteroatoms. The van der Waals surface area contributed by atoms with Gasteiger partial charge in [-0.3, -0.25) is 5.43 Å². The summed E-state index contributed by atoms with van der Waals surface area (Å²) in [6, 6.07) is 11.5. The Hall–Kier alpha value is -2.93. The van der Waals surface area contributed by atoms with Gasteiger partial charge in [0.15, 0.2) is 5.11 Å². The highest BCUT2D eigenvalue weighted by atomic mass is 32.1. The standard InChI is InChI=1S/C19H20FN3O2S/c1-3-10-21-19(26)23-22-12-14-4-9-18(24-2)15(11-14)13-25-17-7-5-16(20)6-8-17/h3-9,11-12H,1,10,13H2,2H3,(H2,21,23,26). The SMILES string of the molecule is C=CCNC(=S)NN=Cc1ccc(OC)c(COc2ccc(F)cc2)c1. The van der Waals surface area contributed by atoms with E-state index in [9.17, 15) is 4.39 Å².